The van der Waals surface area contributed by atoms with Gasteiger partial charge in [0.15, 0.2) is 5.96 Å². The lowest BCUT2D eigenvalue weighted by molar-refractivity contribution is 0.188. The lowest BCUT2D eigenvalue weighted by Crippen LogP contribution is -2.39. The second-order valence-corrected chi connectivity index (χ2v) is 7.40. The monoisotopic (exact) mass is 390 g/mol. The first kappa shape index (κ1) is 22.3. The van der Waals surface area contributed by atoms with E-state index in [4.69, 9.17) is 14.5 Å². The quantitative estimate of drug-likeness (QED) is 0.500. The highest BCUT2D eigenvalue weighted by molar-refractivity contribution is 5.80. The number of nitrogens with one attached hydrogen (secondary N) is 2. The number of guanidine groups is 1. The highest BCUT2D eigenvalue weighted by Crippen LogP contribution is 2.29. The van der Waals surface area contributed by atoms with Crippen molar-refractivity contribution < 1.29 is 9.47 Å². The van der Waals surface area contributed by atoms with Gasteiger partial charge in [0.25, 0.3) is 0 Å². The number of hydrogen-bond donors (Lipinski definition) is 2. The molecule has 1 aromatic carbocycles. The van der Waals surface area contributed by atoms with Crippen LogP contribution in [0.1, 0.15) is 51.6 Å². The molecular weight excluding hydrogens is 352 g/mol. The minimum absolute atomic E-state index is 0.0515. The average Bonchev–Trinajstić information content (AvgIpc) is 2.73. The van der Waals surface area contributed by atoms with E-state index in [1.54, 1.807) is 14.2 Å². The van der Waals surface area contributed by atoms with Gasteiger partial charge in [-0.2, -0.15) is 0 Å². The van der Waals surface area contributed by atoms with Gasteiger partial charge in [-0.3, -0.25) is 4.99 Å². The molecule has 0 spiro atoms. The Morgan fingerprint density at radius 2 is 1.96 bits per heavy atom. The molecule has 28 heavy (non-hydrogen) atoms. The number of methoxy groups -OCH3 is 2. The maximum atomic E-state index is 5.53. The Kier molecular flexibility index (Phi) is 9.41. The summed E-state index contributed by atoms with van der Waals surface area (Å²) in [6.07, 6.45) is 3.75. The number of likely N-dealkylation sites (tertiary alicyclic amines) is 1. The molecule has 2 rings (SSSR count). The first-order valence-corrected chi connectivity index (χ1v) is 10.6. The lowest BCUT2D eigenvalue weighted by atomic mass is 9.94. The van der Waals surface area contributed by atoms with Crippen molar-refractivity contribution in [3.63, 3.8) is 0 Å². The molecular formula is C22H38N4O2. The summed E-state index contributed by atoms with van der Waals surface area (Å²) < 4.78 is 10.9. The Bertz CT molecular complexity index is 613. The summed E-state index contributed by atoms with van der Waals surface area (Å²) in [7, 11) is 3.38. The SMILES string of the molecule is CCNC(=NCCC1CCN(CC)CC1)NC(C)c1cc(OC)ccc1OC. The first-order valence-electron chi connectivity index (χ1n) is 10.6. The molecule has 1 saturated heterocycles. The summed E-state index contributed by atoms with van der Waals surface area (Å²) in [4.78, 5) is 7.36. The predicted octanol–water partition coefficient (Wildman–Crippen LogP) is 3.44. The molecule has 158 valence electrons. The summed E-state index contributed by atoms with van der Waals surface area (Å²) >= 11 is 0. The van der Waals surface area contributed by atoms with Crippen molar-refractivity contribution in [2.75, 3.05) is 46.9 Å². The van der Waals surface area contributed by atoms with Gasteiger partial charge >= 0.3 is 0 Å². The Labute approximate surface area is 170 Å². The van der Waals surface area contributed by atoms with E-state index >= 15 is 0 Å². The standard InChI is InChI=1S/C22H38N4O2/c1-6-23-22(24-13-10-18-11-14-26(7-2)15-12-18)25-17(3)20-16-19(27-4)8-9-21(20)28-5/h8-9,16-18H,6-7,10-15H2,1-5H3,(H2,23,24,25). The van der Waals surface area contributed by atoms with E-state index in [9.17, 15) is 0 Å². The average molecular weight is 391 g/mol. The zero-order chi connectivity index (χ0) is 20.4. The number of ether oxygens (including phenoxy) is 2. The summed E-state index contributed by atoms with van der Waals surface area (Å²) in [5, 5.41) is 6.87. The van der Waals surface area contributed by atoms with Crippen molar-refractivity contribution in [3.8, 4) is 11.5 Å². The van der Waals surface area contributed by atoms with Gasteiger partial charge in [0.05, 0.1) is 20.3 Å². The molecule has 0 amide bonds. The highest BCUT2D eigenvalue weighted by Gasteiger charge is 2.18. The van der Waals surface area contributed by atoms with Gasteiger partial charge in [-0.1, -0.05) is 6.92 Å². The van der Waals surface area contributed by atoms with Gasteiger partial charge in [0.1, 0.15) is 11.5 Å². The number of nitrogens with zero attached hydrogens (tertiary/aromatic N) is 2. The minimum Gasteiger partial charge on any atom is -0.497 e. The minimum atomic E-state index is 0.0515. The van der Waals surface area contributed by atoms with Crippen LogP contribution in [0, 0.1) is 5.92 Å². The Hall–Kier alpha value is -1.95. The molecule has 1 heterocycles. The molecule has 0 aliphatic carbocycles. The zero-order valence-corrected chi connectivity index (χ0v) is 18.3. The maximum absolute atomic E-state index is 5.53. The molecule has 6 nitrogen and oxygen atoms in total. The van der Waals surface area contributed by atoms with Crippen molar-refractivity contribution in [2.24, 2.45) is 10.9 Å². The predicted molar refractivity (Wildman–Crippen MR) is 117 cm³/mol. The van der Waals surface area contributed by atoms with Crippen LogP contribution in [0.25, 0.3) is 0 Å². The van der Waals surface area contributed by atoms with Crippen LogP contribution in [0.3, 0.4) is 0 Å². The van der Waals surface area contributed by atoms with Crippen LogP contribution in [-0.4, -0.2) is 57.8 Å². The third-order valence-corrected chi connectivity index (χ3v) is 5.56. The van der Waals surface area contributed by atoms with Crippen molar-refractivity contribution in [1.82, 2.24) is 15.5 Å². The van der Waals surface area contributed by atoms with E-state index < -0.39 is 0 Å². The van der Waals surface area contributed by atoms with Gasteiger partial charge in [-0.05, 0) is 76.9 Å². The van der Waals surface area contributed by atoms with E-state index in [1.165, 1.54) is 32.5 Å². The Morgan fingerprint density at radius 1 is 1.21 bits per heavy atom. The molecule has 1 unspecified atom stereocenters. The van der Waals surface area contributed by atoms with E-state index in [1.807, 2.05) is 18.2 Å². The number of benzene rings is 1. The third-order valence-electron chi connectivity index (χ3n) is 5.56. The van der Waals surface area contributed by atoms with Gasteiger partial charge < -0.3 is 25.0 Å². The fourth-order valence-electron chi connectivity index (χ4n) is 3.73. The van der Waals surface area contributed by atoms with E-state index in [-0.39, 0.29) is 6.04 Å². The molecule has 1 aliphatic rings. The van der Waals surface area contributed by atoms with Crippen LogP contribution in [0.5, 0.6) is 11.5 Å². The molecule has 0 saturated carbocycles. The van der Waals surface area contributed by atoms with E-state index in [0.717, 1.165) is 48.5 Å². The van der Waals surface area contributed by atoms with E-state index in [0.29, 0.717) is 0 Å². The van der Waals surface area contributed by atoms with Crippen LogP contribution in [0.15, 0.2) is 23.2 Å². The Morgan fingerprint density at radius 3 is 2.57 bits per heavy atom. The number of piperidine rings is 1. The van der Waals surface area contributed by atoms with Crippen LogP contribution in [0.4, 0.5) is 0 Å². The second-order valence-electron chi connectivity index (χ2n) is 7.40. The Balaban J connectivity index is 1.95. The van der Waals surface area contributed by atoms with Crippen molar-refractivity contribution in [1.29, 1.82) is 0 Å². The molecule has 1 aliphatic heterocycles. The van der Waals surface area contributed by atoms with Gasteiger partial charge in [0, 0.05) is 18.7 Å². The fourth-order valence-corrected chi connectivity index (χ4v) is 3.73. The molecule has 1 atom stereocenters. The highest BCUT2D eigenvalue weighted by atomic mass is 16.5. The lowest BCUT2D eigenvalue weighted by Gasteiger charge is -2.30. The largest absolute Gasteiger partial charge is 0.497 e. The van der Waals surface area contributed by atoms with Crippen LogP contribution in [0.2, 0.25) is 0 Å². The molecule has 0 radical (unpaired) electrons. The normalized spacial score (nSPS) is 17.2. The smallest absolute Gasteiger partial charge is 0.191 e. The third kappa shape index (κ3) is 6.59. The molecule has 1 aromatic rings. The van der Waals surface area contributed by atoms with E-state index in [2.05, 4.69) is 36.3 Å². The summed E-state index contributed by atoms with van der Waals surface area (Å²) in [5.41, 5.74) is 1.05. The number of rotatable bonds is 9. The zero-order valence-electron chi connectivity index (χ0n) is 18.3. The molecule has 0 aromatic heterocycles. The first-order chi connectivity index (χ1) is 13.6. The summed E-state index contributed by atoms with van der Waals surface area (Å²) in [6.45, 7) is 11.8. The second kappa shape index (κ2) is 11.8. The van der Waals surface area contributed by atoms with Crippen LogP contribution >= 0.6 is 0 Å². The fraction of sp³-hybridized carbons (Fsp3) is 0.682. The van der Waals surface area contributed by atoms with Crippen molar-refractivity contribution in [2.45, 2.75) is 46.1 Å². The molecule has 1 fully saturated rings. The molecule has 6 heteroatoms. The maximum Gasteiger partial charge on any atom is 0.191 e. The topological polar surface area (TPSA) is 58.1 Å². The van der Waals surface area contributed by atoms with Gasteiger partial charge in [-0.25, -0.2) is 0 Å². The van der Waals surface area contributed by atoms with Crippen molar-refractivity contribution in [3.05, 3.63) is 23.8 Å². The summed E-state index contributed by atoms with van der Waals surface area (Å²) in [5.74, 6) is 3.32. The van der Waals surface area contributed by atoms with Crippen molar-refractivity contribution >= 4 is 5.96 Å². The number of aliphatic imine (C=N–C) groups is 1. The molecule has 0 bridgehead atoms. The molecule has 2 N–H and O–H groups in total. The van der Waals surface area contributed by atoms with Crippen LogP contribution < -0.4 is 20.1 Å². The van der Waals surface area contributed by atoms with Gasteiger partial charge in [0.2, 0.25) is 0 Å². The summed E-state index contributed by atoms with van der Waals surface area (Å²) in [6, 6.07) is 5.93. The number of hydrogen-bond acceptors (Lipinski definition) is 4. The van der Waals surface area contributed by atoms with Gasteiger partial charge in [-0.15, -0.1) is 0 Å². The van der Waals surface area contributed by atoms with Crippen LogP contribution in [-0.2, 0) is 0 Å².